The number of aromatic nitrogens is 2. The summed E-state index contributed by atoms with van der Waals surface area (Å²) in [6, 6.07) is 9.32. The maximum atomic E-state index is 12.9. The number of allylic oxidation sites excluding steroid dienone is 1. The monoisotopic (exact) mass is 408 g/mol. The topological polar surface area (TPSA) is 53.4 Å². The Morgan fingerprint density at radius 2 is 2.21 bits per heavy atom. The normalized spacial score (nSPS) is 18.7. The van der Waals surface area contributed by atoms with E-state index in [4.69, 9.17) is 26.1 Å². The summed E-state index contributed by atoms with van der Waals surface area (Å²) in [7, 11) is 0. The van der Waals surface area contributed by atoms with Crippen molar-refractivity contribution in [2.75, 3.05) is 6.61 Å². The Morgan fingerprint density at radius 1 is 1.34 bits per heavy atom. The molecule has 1 aromatic heterocycles. The van der Waals surface area contributed by atoms with Gasteiger partial charge in [0.2, 0.25) is 0 Å². The summed E-state index contributed by atoms with van der Waals surface area (Å²) in [5, 5.41) is 1.16. The first-order valence-electron chi connectivity index (χ1n) is 9.91. The van der Waals surface area contributed by atoms with Gasteiger partial charge in [-0.15, -0.1) is 0 Å². The number of hydrogen-bond acceptors (Lipinski definition) is 4. The van der Waals surface area contributed by atoms with Crippen LogP contribution in [0.3, 0.4) is 0 Å². The fourth-order valence-electron chi connectivity index (χ4n) is 4.16. The van der Waals surface area contributed by atoms with E-state index in [9.17, 15) is 4.79 Å². The fourth-order valence-corrected chi connectivity index (χ4v) is 4.33. The van der Waals surface area contributed by atoms with Crippen LogP contribution in [0.25, 0.3) is 22.6 Å². The van der Waals surface area contributed by atoms with Crippen molar-refractivity contribution in [3.8, 4) is 11.5 Å². The third-order valence-corrected chi connectivity index (χ3v) is 5.70. The molecule has 148 valence electrons. The van der Waals surface area contributed by atoms with Crippen LogP contribution in [0.2, 0.25) is 5.02 Å². The Labute approximate surface area is 173 Å². The lowest BCUT2D eigenvalue weighted by Gasteiger charge is -2.11. The van der Waals surface area contributed by atoms with E-state index < -0.39 is 0 Å². The predicted octanol–water partition coefficient (Wildman–Crippen LogP) is 4.72. The lowest BCUT2D eigenvalue weighted by atomic mass is 10.0. The van der Waals surface area contributed by atoms with E-state index in [1.165, 1.54) is 5.56 Å². The minimum Gasteiger partial charge on any atom is -0.493 e. The van der Waals surface area contributed by atoms with Crippen molar-refractivity contribution in [2.24, 2.45) is 0 Å². The minimum atomic E-state index is -0.0267. The standard InChI is InChI=1S/C23H21ClN2O3/c1-3-28-20-10-15-8-13(2)29-21(15)11-16(20)9-14-6-7-26-22(14)25-19-12-17(24)4-5-18(19)23(26)27/h4-5,9-13H,3,6-8H2,1-2H3. The van der Waals surface area contributed by atoms with E-state index in [2.05, 4.69) is 19.1 Å². The van der Waals surface area contributed by atoms with Crippen molar-refractivity contribution in [2.45, 2.75) is 39.3 Å². The summed E-state index contributed by atoms with van der Waals surface area (Å²) < 4.78 is 13.6. The second kappa shape index (κ2) is 6.92. The molecule has 0 fully saturated rings. The van der Waals surface area contributed by atoms with Crippen molar-refractivity contribution in [1.29, 1.82) is 0 Å². The molecular formula is C23H21ClN2O3. The van der Waals surface area contributed by atoms with Gasteiger partial charge in [0.15, 0.2) is 0 Å². The highest BCUT2D eigenvalue weighted by Crippen LogP contribution is 2.38. The number of fused-ring (bicyclic) bond motifs is 3. The van der Waals surface area contributed by atoms with Crippen LogP contribution in [0, 0.1) is 0 Å². The van der Waals surface area contributed by atoms with Gasteiger partial charge in [0.25, 0.3) is 5.56 Å². The average Bonchev–Trinajstić information content (AvgIpc) is 3.24. The number of ether oxygens (including phenoxy) is 2. The van der Waals surface area contributed by atoms with Crippen LogP contribution < -0.4 is 15.0 Å². The molecule has 1 atom stereocenters. The Balaban J connectivity index is 1.65. The lowest BCUT2D eigenvalue weighted by Crippen LogP contribution is -2.20. The first kappa shape index (κ1) is 18.3. The fraction of sp³-hybridized carbons (Fsp3) is 0.304. The van der Waals surface area contributed by atoms with Crippen LogP contribution in [0.5, 0.6) is 11.5 Å². The van der Waals surface area contributed by atoms with Gasteiger partial charge in [-0.2, -0.15) is 0 Å². The van der Waals surface area contributed by atoms with Gasteiger partial charge < -0.3 is 9.47 Å². The third kappa shape index (κ3) is 3.10. The molecule has 1 unspecified atom stereocenters. The van der Waals surface area contributed by atoms with E-state index in [0.29, 0.717) is 34.9 Å². The molecule has 5 nitrogen and oxygen atoms in total. The number of benzene rings is 2. The van der Waals surface area contributed by atoms with Gasteiger partial charge in [0, 0.05) is 29.1 Å². The van der Waals surface area contributed by atoms with E-state index in [1.807, 2.05) is 13.0 Å². The summed E-state index contributed by atoms with van der Waals surface area (Å²) in [4.78, 5) is 17.6. The molecule has 0 saturated carbocycles. The van der Waals surface area contributed by atoms with Crippen LogP contribution in [-0.4, -0.2) is 22.3 Å². The minimum absolute atomic E-state index is 0.0267. The molecule has 0 bridgehead atoms. The predicted molar refractivity (Wildman–Crippen MR) is 115 cm³/mol. The Kier molecular flexibility index (Phi) is 4.36. The van der Waals surface area contributed by atoms with Crippen LogP contribution in [0.1, 0.15) is 37.2 Å². The molecule has 29 heavy (non-hydrogen) atoms. The molecule has 0 N–H and O–H groups in total. The number of nitrogens with zero attached hydrogens (tertiary/aromatic N) is 2. The van der Waals surface area contributed by atoms with Gasteiger partial charge in [0.1, 0.15) is 23.4 Å². The van der Waals surface area contributed by atoms with E-state index in [1.54, 1.807) is 22.8 Å². The highest BCUT2D eigenvalue weighted by Gasteiger charge is 2.24. The van der Waals surface area contributed by atoms with Gasteiger partial charge >= 0.3 is 0 Å². The highest BCUT2D eigenvalue weighted by molar-refractivity contribution is 6.31. The Morgan fingerprint density at radius 3 is 3.03 bits per heavy atom. The van der Waals surface area contributed by atoms with Crippen molar-refractivity contribution in [3.05, 3.63) is 62.7 Å². The van der Waals surface area contributed by atoms with Crippen LogP contribution >= 0.6 is 11.6 Å². The molecule has 0 radical (unpaired) electrons. The quantitative estimate of drug-likeness (QED) is 0.629. The van der Waals surface area contributed by atoms with Crippen LogP contribution in [-0.2, 0) is 13.0 Å². The molecule has 2 aromatic carbocycles. The second-order valence-corrected chi connectivity index (χ2v) is 7.97. The van der Waals surface area contributed by atoms with E-state index in [-0.39, 0.29) is 11.7 Å². The smallest absolute Gasteiger partial charge is 0.261 e. The lowest BCUT2D eigenvalue weighted by molar-refractivity contribution is 0.254. The molecule has 0 spiro atoms. The Bertz CT molecular complexity index is 1230. The van der Waals surface area contributed by atoms with Crippen molar-refractivity contribution >= 4 is 34.2 Å². The summed E-state index contributed by atoms with van der Waals surface area (Å²) >= 11 is 6.12. The first-order valence-corrected chi connectivity index (χ1v) is 10.3. The van der Waals surface area contributed by atoms with Gasteiger partial charge in [-0.3, -0.25) is 9.36 Å². The molecule has 2 aliphatic heterocycles. The second-order valence-electron chi connectivity index (χ2n) is 7.54. The number of hydrogen-bond donors (Lipinski definition) is 0. The summed E-state index contributed by atoms with van der Waals surface area (Å²) in [5.74, 6) is 2.43. The largest absolute Gasteiger partial charge is 0.493 e. The van der Waals surface area contributed by atoms with Gasteiger partial charge in [0.05, 0.1) is 17.5 Å². The van der Waals surface area contributed by atoms with Gasteiger partial charge in [-0.25, -0.2) is 4.98 Å². The number of rotatable bonds is 3. The van der Waals surface area contributed by atoms with E-state index >= 15 is 0 Å². The zero-order valence-electron chi connectivity index (χ0n) is 16.4. The molecule has 0 saturated heterocycles. The Hall–Kier alpha value is -2.79. The molecule has 0 aliphatic carbocycles. The van der Waals surface area contributed by atoms with Crippen LogP contribution in [0.4, 0.5) is 0 Å². The van der Waals surface area contributed by atoms with Crippen LogP contribution in [0.15, 0.2) is 35.1 Å². The zero-order valence-corrected chi connectivity index (χ0v) is 17.1. The third-order valence-electron chi connectivity index (χ3n) is 5.47. The summed E-state index contributed by atoms with van der Waals surface area (Å²) in [5.41, 5.74) is 3.73. The maximum Gasteiger partial charge on any atom is 0.261 e. The molecule has 0 amide bonds. The highest BCUT2D eigenvalue weighted by atomic mass is 35.5. The SMILES string of the molecule is CCOc1cc2c(cc1C=C1CCn3c1nc1cc(Cl)ccc1c3=O)OC(C)C2. The zero-order chi connectivity index (χ0) is 20.1. The van der Waals surface area contributed by atoms with Gasteiger partial charge in [-0.1, -0.05) is 11.6 Å². The van der Waals surface area contributed by atoms with Gasteiger partial charge in [-0.05, 0) is 62.2 Å². The van der Waals surface area contributed by atoms with Crippen molar-refractivity contribution < 1.29 is 9.47 Å². The molecule has 3 heterocycles. The maximum absolute atomic E-state index is 12.9. The van der Waals surface area contributed by atoms with E-state index in [0.717, 1.165) is 35.5 Å². The molecule has 2 aliphatic rings. The average molecular weight is 409 g/mol. The van der Waals surface area contributed by atoms with Crippen molar-refractivity contribution in [3.63, 3.8) is 0 Å². The van der Waals surface area contributed by atoms with Crippen molar-refractivity contribution in [1.82, 2.24) is 9.55 Å². The summed E-state index contributed by atoms with van der Waals surface area (Å²) in [6.45, 7) is 5.25. The summed E-state index contributed by atoms with van der Waals surface area (Å²) in [6.07, 6.45) is 3.87. The number of halogens is 1. The molecule has 6 heteroatoms. The first-order chi connectivity index (χ1) is 14.0. The molecule has 3 aromatic rings. The molecule has 5 rings (SSSR count). The molecular weight excluding hydrogens is 388 g/mol.